The van der Waals surface area contributed by atoms with Crippen LogP contribution in [0.1, 0.15) is 32.1 Å². The number of likely N-dealkylation sites (tertiary alicyclic amines) is 1. The van der Waals surface area contributed by atoms with E-state index in [2.05, 4.69) is 10.6 Å². The second-order valence-corrected chi connectivity index (χ2v) is 5.68. The molecular weight excluding hydrogens is 278 g/mol. The van der Waals surface area contributed by atoms with E-state index in [4.69, 9.17) is 5.11 Å². The van der Waals surface area contributed by atoms with Crippen molar-refractivity contribution < 1.29 is 24.6 Å². The summed E-state index contributed by atoms with van der Waals surface area (Å²) in [5, 5.41) is 23.4. The predicted octanol–water partition coefficient (Wildman–Crippen LogP) is -0.725. The number of carbonyl (C=O) groups is 3. The molecule has 4 N–H and O–H groups in total. The zero-order valence-electron chi connectivity index (χ0n) is 11.7. The third-order valence-electron chi connectivity index (χ3n) is 3.96. The van der Waals surface area contributed by atoms with E-state index in [1.807, 2.05) is 0 Å². The SMILES string of the molecule is O=C(CN1CC(O)CC1C(=O)O)NC(=O)NC1CCCC1. The highest BCUT2D eigenvalue weighted by molar-refractivity contribution is 5.95. The van der Waals surface area contributed by atoms with Crippen molar-refractivity contribution in [2.24, 2.45) is 0 Å². The number of urea groups is 1. The summed E-state index contributed by atoms with van der Waals surface area (Å²) in [6, 6.07) is -1.32. The van der Waals surface area contributed by atoms with Gasteiger partial charge in [-0.3, -0.25) is 19.8 Å². The zero-order chi connectivity index (χ0) is 15.4. The van der Waals surface area contributed by atoms with Gasteiger partial charge in [-0.1, -0.05) is 12.8 Å². The van der Waals surface area contributed by atoms with Crippen molar-refractivity contribution in [3.63, 3.8) is 0 Å². The van der Waals surface area contributed by atoms with E-state index in [1.54, 1.807) is 0 Å². The Morgan fingerprint density at radius 1 is 1.19 bits per heavy atom. The van der Waals surface area contributed by atoms with Crippen LogP contribution < -0.4 is 10.6 Å². The number of nitrogens with zero attached hydrogens (tertiary/aromatic N) is 1. The average molecular weight is 299 g/mol. The molecule has 1 saturated carbocycles. The molecule has 2 atom stereocenters. The maximum Gasteiger partial charge on any atom is 0.321 e. The van der Waals surface area contributed by atoms with Gasteiger partial charge in [0.15, 0.2) is 0 Å². The van der Waals surface area contributed by atoms with E-state index in [0.717, 1.165) is 25.7 Å². The van der Waals surface area contributed by atoms with E-state index in [-0.39, 0.29) is 25.6 Å². The molecule has 1 saturated heterocycles. The van der Waals surface area contributed by atoms with Gasteiger partial charge in [0.1, 0.15) is 6.04 Å². The van der Waals surface area contributed by atoms with Crippen LogP contribution in [0.25, 0.3) is 0 Å². The highest BCUT2D eigenvalue weighted by Gasteiger charge is 2.37. The molecule has 2 rings (SSSR count). The maximum atomic E-state index is 11.8. The molecule has 0 aromatic carbocycles. The van der Waals surface area contributed by atoms with Crippen LogP contribution in [-0.2, 0) is 9.59 Å². The number of aliphatic hydroxyl groups is 1. The molecule has 2 aliphatic rings. The van der Waals surface area contributed by atoms with Crippen LogP contribution in [-0.4, -0.2) is 64.3 Å². The number of carboxylic acids is 1. The molecular formula is C13H21N3O5. The summed E-state index contributed by atoms with van der Waals surface area (Å²) < 4.78 is 0. The van der Waals surface area contributed by atoms with Gasteiger partial charge in [-0.2, -0.15) is 0 Å². The van der Waals surface area contributed by atoms with Gasteiger partial charge >= 0.3 is 12.0 Å². The smallest absolute Gasteiger partial charge is 0.321 e. The van der Waals surface area contributed by atoms with E-state index in [9.17, 15) is 19.5 Å². The summed E-state index contributed by atoms with van der Waals surface area (Å²) >= 11 is 0. The molecule has 2 unspecified atom stereocenters. The van der Waals surface area contributed by atoms with Crippen LogP contribution in [0.3, 0.4) is 0 Å². The number of hydrogen-bond acceptors (Lipinski definition) is 5. The first-order valence-electron chi connectivity index (χ1n) is 7.21. The molecule has 0 spiro atoms. The average Bonchev–Trinajstić information content (AvgIpc) is 2.98. The zero-order valence-corrected chi connectivity index (χ0v) is 11.7. The number of hydrogen-bond donors (Lipinski definition) is 4. The molecule has 0 aromatic rings. The Balaban J connectivity index is 1.77. The van der Waals surface area contributed by atoms with Crippen molar-refractivity contribution in [3.05, 3.63) is 0 Å². The summed E-state index contributed by atoms with van der Waals surface area (Å²) in [6.45, 7) is -0.0965. The van der Waals surface area contributed by atoms with E-state index < -0.39 is 30.1 Å². The topological polar surface area (TPSA) is 119 Å². The lowest BCUT2D eigenvalue weighted by Gasteiger charge is -2.20. The number of β-amino-alcohol motifs (C(OH)–C–C–N with tert-alkyl or cyclic N) is 1. The predicted molar refractivity (Wildman–Crippen MR) is 72.6 cm³/mol. The number of rotatable bonds is 4. The second-order valence-electron chi connectivity index (χ2n) is 5.68. The third-order valence-corrected chi connectivity index (χ3v) is 3.96. The Morgan fingerprint density at radius 2 is 1.86 bits per heavy atom. The minimum atomic E-state index is -1.07. The first kappa shape index (κ1) is 15.7. The molecule has 8 heteroatoms. The molecule has 0 bridgehead atoms. The summed E-state index contributed by atoms with van der Waals surface area (Å²) in [7, 11) is 0. The molecule has 118 valence electrons. The molecule has 1 aliphatic heterocycles. The first-order chi connectivity index (χ1) is 9.95. The van der Waals surface area contributed by atoms with Gasteiger partial charge in [0.05, 0.1) is 12.6 Å². The van der Waals surface area contributed by atoms with Crippen LogP contribution in [0.2, 0.25) is 0 Å². The Labute approximate surface area is 122 Å². The highest BCUT2D eigenvalue weighted by Crippen LogP contribution is 2.18. The van der Waals surface area contributed by atoms with Crippen LogP contribution >= 0.6 is 0 Å². The fourth-order valence-electron chi connectivity index (χ4n) is 2.95. The van der Waals surface area contributed by atoms with Crippen molar-refractivity contribution in [1.82, 2.24) is 15.5 Å². The van der Waals surface area contributed by atoms with Crippen LogP contribution in [0.5, 0.6) is 0 Å². The number of carbonyl (C=O) groups excluding carboxylic acids is 2. The van der Waals surface area contributed by atoms with Gasteiger partial charge in [0.25, 0.3) is 0 Å². The number of carboxylic acid groups (broad SMARTS) is 1. The van der Waals surface area contributed by atoms with E-state index in [1.165, 1.54) is 4.90 Å². The van der Waals surface area contributed by atoms with Crippen molar-refractivity contribution >= 4 is 17.9 Å². The molecule has 3 amide bonds. The monoisotopic (exact) mass is 299 g/mol. The van der Waals surface area contributed by atoms with Crippen LogP contribution in [0.15, 0.2) is 0 Å². The summed E-state index contributed by atoms with van der Waals surface area (Å²) in [5.41, 5.74) is 0. The number of aliphatic carboxylic acids is 1. The number of amides is 3. The van der Waals surface area contributed by atoms with Crippen LogP contribution in [0, 0.1) is 0 Å². The number of aliphatic hydroxyl groups excluding tert-OH is 1. The summed E-state index contributed by atoms with van der Waals surface area (Å²) in [4.78, 5) is 35.8. The van der Waals surface area contributed by atoms with Gasteiger partial charge < -0.3 is 15.5 Å². The Morgan fingerprint density at radius 3 is 2.48 bits per heavy atom. The van der Waals surface area contributed by atoms with Crippen molar-refractivity contribution in [3.8, 4) is 0 Å². The van der Waals surface area contributed by atoms with Gasteiger partial charge in [0, 0.05) is 19.0 Å². The highest BCUT2D eigenvalue weighted by atomic mass is 16.4. The molecule has 1 heterocycles. The Bertz CT molecular complexity index is 422. The summed E-state index contributed by atoms with van der Waals surface area (Å²) in [6.07, 6.45) is 3.32. The fraction of sp³-hybridized carbons (Fsp3) is 0.769. The Kier molecular flexibility index (Phi) is 5.13. The largest absolute Gasteiger partial charge is 0.480 e. The van der Waals surface area contributed by atoms with Gasteiger partial charge in [-0.05, 0) is 12.8 Å². The molecule has 1 aliphatic carbocycles. The van der Waals surface area contributed by atoms with Crippen molar-refractivity contribution in [2.75, 3.05) is 13.1 Å². The summed E-state index contributed by atoms with van der Waals surface area (Å²) in [5.74, 6) is -1.64. The van der Waals surface area contributed by atoms with Gasteiger partial charge in [-0.25, -0.2) is 4.79 Å². The molecule has 0 aromatic heterocycles. The quantitative estimate of drug-likeness (QED) is 0.544. The standard InChI is InChI=1S/C13H21N3O5/c17-9-5-10(12(19)20)16(6-9)7-11(18)15-13(21)14-8-3-1-2-4-8/h8-10,17H,1-7H2,(H,19,20)(H2,14,15,18,21). The lowest BCUT2D eigenvalue weighted by Crippen LogP contribution is -2.48. The van der Waals surface area contributed by atoms with Gasteiger partial charge in [-0.15, -0.1) is 0 Å². The molecule has 2 fully saturated rings. The van der Waals surface area contributed by atoms with Gasteiger partial charge in [0.2, 0.25) is 5.91 Å². The number of imide groups is 1. The van der Waals surface area contributed by atoms with E-state index >= 15 is 0 Å². The van der Waals surface area contributed by atoms with Crippen molar-refractivity contribution in [1.29, 1.82) is 0 Å². The van der Waals surface area contributed by atoms with Crippen LogP contribution in [0.4, 0.5) is 4.79 Å². The third kappa shape index (κ3) is 4.40. The molecule has 8 nitrogen and oxygen atoms in total. The molecule has 21 heavy (non-hydrogen) atoms. The van der Waals surface area contributed by atoms with E-state index in [0.29, 0.717) is 0 Å². The second kappa shape index (κ2) is 6.86. The first-order valence-corrected chi connectivity index (χ1v) is 7.21. The normalized spacial score (nSPS) is 26.7. The minimum Gasteiger partial charge on any atom is -0.480 e. The van der Waals surface area contributed by atoms with Crippen molar-refractivity contribution in [2.45, 2.75) is 50.3 Å². The fourth-order valence-corrected chi connectivity index (χ4v) is 2.95. The lowest BCUT2D eigenvalue weighted by molar-refractivity contribution is -0.142. The Hall–Kier alpha value is -1.67. The lowest BCUT2D eigenvalue weighted by atomic mass is 10.2. The maximum absolute atomic E-state index is 11.8. The minimum absolute atomic E-state index is 0.0941. The molecule has 0 radical (unpaired) electrons. The number of nitrogens with one attached hydrogen (secondary N) is 2.